The van der Waals surface area contributed by atoms with Gasteiger partial charge < -0.3 is 5.32 Å². The minimum atomic E-state index is -4.34. The molecule has 0 radical (unpaired) electrons. The first-order chi connectivity index (χ1) is 8.51. The highest BCUT2D eigenvalue weighted by molar-refractivity contribution is 5.46. The molecule has 0 spiro atoms. The number of aromatic nitrogens is 1. The van der Waals surface area contributed by atoms with Crippen LogP contribution in [-0.2, 0) is 6.18 Å². The van der Waals surface area contributed by atoms with Gasteiger partial charge >= 0.3 is 6.18 Å². The van der Waals surface area contributed by atoms with Crippen LogP contribution in [0.5, 0.6) is 0 Å². The molecule has 2 aliphatic carbocycles. The third-order valence-corrected chi connectivity index (χ3v) is 4.06. The van der Waals surface area contributed by atoms with Gasteiger partial charge in [0.1, 0.15) is 5.82 Å². The van der Waals surface area contributed by atoms with E-state index in [0.717, 1.165) is 24.8 Å². The highest BCUT2D eigenvalue weighted by Gasteiger charge is 2.53. The predicted octanol–water partition coefficient (Wildman–Crippen LogP) is 3.70. The van der Waals surface area contributed by atoms with Crippen LogP contribution in [0.25, 0.3) is 0 Å². The number of nitrogens with one attached hydrogen (secondary N) is 1. The molecule has 2 aliphatic rings. The van der Waals surface area contributed by atoms with E-state index in [9.17, 15) is 13.2 Å². The Morgan fingerprint density at radius 2 is 2.06 bits per heavy atom. The molecule has 1 N–H and O–H groups in total. The van der Waals surface area contributed by atoms with E-state index >= 15 is 0 Å². The van der Waals surface area contributed by atoms with Crippen LogP contribution in [-0.4, -0.2) is 11.5 Å². The van der Waals surface area contributed by atoms with Crippen molar-refractivity contribution in [2.75, 3.05) is 11.9 Å². The molecule has 0 aliphatic heterocycles. The lowest BCUT2D eigenvalue weighted by atomic mass is 10.0. The third-order valence-electron chi connectivity index (χ3n) is 4.06. The fraction of sp³-hybridized carbons (Fsp3) is 0.615. The molecular weight excluding hydrogens is 241 g/mol. The number of rotatable bonds is 4. The first-order valence-corrected chi connectivity index (χ1v) is 6.27. The molecule has 1 aromatic rings. The number of alkyl halides is 3. The van der Waals surface area contributed by atoms with Crippen molar-refractivity contribution in [3.63, 3.8) is 0 Å². The number of anilines is 1. The van der Waals surface area contributed by atoms with Gasteiger partial charge in [0.2, 0.25) is 0 Å². The SMILES string of the molecule is FC(F)(F)c1cccnc1NCC1(C2CC2)CC1. The summed E-state index contributed by atoms with van der Waals surface area (Å²) < 4.78 is 38.3. The van der Waals surface area contributed by atoms with Crippen LogP contribution in [0.15, 0.2) is 18.3 Å². The van der Waals surface area contributed by atoms with E-state index in [0.29, 0.717) is 6.54 Å². The van der Waals surface area contributed by atoms with Crippen molar-refractivity contribution in [3.05, 3.63) is 23.9 Å². The van der Waals surface area contributed by atoms with Crippen LogP contribution in [0.2, 0.25) is 0 Å². The molecular formula is C13H15F3N2. The minimum Gasteiger partial charge on any atom is -0.369 e. The second kappa shape index (κ2) is 3.87. The number of hydrogen-bond acceptors (Lipinski definition) is 2. The fourth-order valence-corrected chi connectivity index (χ4v) is 2.62. The predicted molar refractivity (Wildman–Crippen MR) is 62.1 cm³/mol. The van der Waals surface area contributed by atoms with Crippen molar-refractivity contribution in [1.82, 2.24) is 4.98 Å². The van der Waals surface area contributed by atoms with Gasteiger partial charge in [-0.05, 0) is 49.1 Å². The van der Waals surface area contributed by atoms with Gasteiger partial charge in [-0.15, -0.1) is 0 Å². The Hall–Kier alpha value is -1.26. The molecule has 0 bridgehead atoms. The monoisotopic (exact) mass is 256 g/mol. The van der Waals surface area contributed by atoms with Crippen LogP contribution in [0.4, 0.5) is 19.0 Å². The van der Waals surface area contributed by atoms with Crippen LogP contribution < -0.4 is 5.32 Å². The van der Waals surface area contributed by atoms with Gasteiger partial charge in [0.15, 0.2) is 0 Å². The van der Waals surface area contributed by atoms with Crippen LogP contribution in [0.3, 0.4) is 0 Å². The maximum atomic E-state index is 12.8. The zero-order valence-corrected chi connectivity index (χ0v) is 9.93. The van der Waals surface area contributed by atoms with Gasteiger partial charge in [-0.25, -0.2) is 4.98 Å². The average Bonchev–Trinajstić information content (AvgIpc) is 3.17. The Labute approximate surface area is 104 Å². The van der Waals surface area contributed by atoms with Crippen molar-refractivity contribution >= 4 is 5.82 Å². The maximum Gasteiger partial charge on any atom is 0.419 e. The molecule has 0 amide bonds. The summed E-state index contributed by atoms with van der Waals surface area (Å²) in [5, 5.41) is 2.91. The van der Waals surface area contributed by atoms with Crippen LogP contribution >= 0.6 is 0 Å². The first kappa shape index (κ1) is 11.8. The molecule has 2 fully saturated rings. The van der Waals surface area contributed by atoms with Crippen molar-refractivity contribution in [3.8, 4) is 0 Å². The number of hydrogen-bond donors (Lipinski definition) is 1. The Kier molecular flexibility index (Phi) is 2.54. The molecule has 0 unspecified atom stereocenters. The molecule has 0 atom stereocenters. The molecule has 2 nitrogen and oxygen atoms in total. The molecule has 18 heavy (non-hydrogen) atoms. The molecule has 2 saturated carbocycles. The Bertz CT molecular complexity index is 448. The first-order valence-electron chi connectivity index (χ1n) is 6.27. The number of pyridine rings is 1. The topological polar surface area (TPSA) is 24.9 Å². The highest BCUT2D eigenvalue weighted by atomic mass is 19.4. The Morgan fingerprint density at radius 3 is 2.61 bits per heavy atom. The summed E-state index contributed by atoms with van der Waals surface area (Å²) in [5.41, 5.74) is -0.406. The second-order valence-corrected chi connectivity index (χ2v) is 5.39. The van der Waals surface area contributed by atoms with Gasteiger partial charge in [0.25, 0.3) is 0 Å². The van der Waals surface area contributed by atoms with Crippen LogP contribution in [0.1, 0.15) is 31.2 Å². The van der Waals surface area contributed by atoms with E-state index < -0.39 is 11.7 Å². The molecule has 0 saturated heterocycles. The van der Waals surface area contributed by atoms with Crippen molar-refractivity contribution in [2.45, 2.75) is 31.9 Å². The van der Waals surface area contributed by atoms with E-state index in [4.69, 9.17) is 0 Å². The summed E-state index contributed by atoms with van der Waals surface area (Å²) in [6.07, 6.45) is 1.80. The zero-order valence-electron chi connectivity index (χ0n) is 9.93. The lowest BCUT2D eigenvalue weighted by Crippen LogP contribution is -2.20. The van der Waals surface area contributed by atoms with E-state index in [1.807, 2.05) is 0 Å². The molecule has 1 heterocycles. The second-order valence-electron chi connectivity index (χ2n) is 5.39. The van der Waals surface area contributed by atoms with E-state index in [-0.39, 0.29) is 11.2 Å². The summed E-state index contributed by atoms with van der Waals surface area (Å²) >= 11 is 0. The highest BCUT2D eigenvalue weighted by Crippen LogP contribution is 2.61. The van der Waals surface area contributed by atoms with Gasteiger partial charge in [0.05, 0.1) is 5.56 Å². The average molecular weight is 256 g/mol. The summed E-state index contributed by atoms with van der Waals surface area (Å²) in [6, 6.07) is 2.40. The van der Waals surface area contributed by atoms with Crippen molar-refractivity contribution in [1.29, 1.82) is 0 Å². The zero-order chi connectivity index (χ0) is 12.8. The summed E-state index contributed by atoms with van der Waals surface area (Å²) in [7, 11) is 0. The maximum absolute atomic E-state index is 12.8. The van der Waals surface area contributed by atoms with Gasteiger partial charge in [0, 0.05) is 12.7 Å². The normalized spacial score (nSPS) is 21.7. The van der Waals surface area contributed by atoms with E-state index in [1.54, 1.807) is 0 Å². The smallest absolute Gasteiger partial charge is 0.369 e. The Balaban J connectivity index is 1.72. The number of nitrogens with zero attached hydrogens (tertiary/aromatic N) is 1. The molecule has 0 aromatic carbocycles. The standard InChI is InChI=1S/C13H15F3N2/c14-13(15,16)10-2-1-7-17-11(10)18-8-12(5-6-12)9-3-4-9/h1-2,7,9H,3-6,8H2,(H,17,18). The Morgan fingerprint density at radius 1 is 1.33 bits per heavy atom. The lowest BCUT2D eigenvalue weighted by Gasteiger charge is -2.18. The lowest BCUT2D eigenvalue weighted by molar-refractivity contribution is -0.137. The molecule has 98 valence electrons. The van der Waals surface area contributed by atoms with Crippen molar-refractivity contribution in [2.24, 2.45) is 11.3 Å². The summed E-state index contributed by atoms with van der Waals surface area (Å²) in [5.74, 6) is 0.694. The van der Waals surface area contributed by atoms with Crippen molar-refractivity contribution < 1.29 is 13.2 Å². The van der Waals surface area contributed by atoms with Crippen LogP contribution in [0, 0.1) is 11.3 Å². The van der Waals surface area contributed by atoms with E-state index in [1.165, 1.54) is 25.1 Å². The number of halogens is 3. The van der Waals surface area contributed by atoms with Gasteiger partial charge in [-0.3, -0.25) is 0 Å². The molecule has 1 aromatic heterocycles. The fourth-order valence-electron chi connectivity index (χ4n) is 2.62. The van der Waals surface area contributed by atoms with Gasteiger partial charge in [-0.1, -0.05) is 0 Å². The van der Waals surface area contributed by atoms with Gasteiger partial charge in [-0.2, -0.15) is 13.2 Å². The summed E-state index contributed by atoms with van der Waals surface area (Å²) in [6.45, 7) is 0.623. The molecule has 5 heteroatoms. The molecule has 3 rings (SSSR count). The third kappa shape index (κ3) is 2.18. The summed E-state index contributed by atoms with van der Waals surface area (Å²) in [4.78, 5) is 3.82. The quantitative estimate of drug-likeness (QED) is 0.888. The largest absolute Gasteiger partial charge is 0.419 e. The van der Waals surface area contributed by atoms with E-state index in [2.05, 4.69) is 10.3 Å². The minimum absolute atomic E-state index is 0.0306.